The van der Waals surface area contributed by atoms with Gasteiger partial charge in [0.2, 0.25) is 11.8 Å². The van der Waals surface area contributed by atoms with Crippen LogP contribution < -0.4 is 5.32 Å². The molecule has 1 unspecified atom stereocenters. The summed E-state index contributed by atoms with van der Waals surface area (Å²) in [6.07, 6.45) is 2.12. The molecular weight excluding hydrogens is 406 g/mol. The number of carbonyl (C=O) groups excluding carboxylic acids is 2. The summed E-state index contributed by atoms with van der Waals surface area (Å²) in [4.78, 5) is 32.3. The zero-order valence-corrected chi connectivity index (χ0v) is 18.1. The number of fused-ring (bicyclic) bond motifs is 1. The molecule has 0 radical (unpaired) electrons. The molecule has 0 bridgehead atoms. The quantitative estimate of drug-likeness (QED) is 0.601. The maximum Gasteiger partial charge on any atom is 0.242 e. The van der Waals surface area contributed by atoms with E-state index in [4.69, 9.17) is 4.99 Å². The van der Waals surface area contributed by atoms with Crippen LogP contribution in [-0.4, -0.2) is 33.2 Å². The third-order valence-corrected chi connectivity index (χ3v) is 6.69. The fourth-order valence-corrected chi connectivity index (χ4v) is 4.95. The number of carbonyl (C=O) groups is 2. The summed E-state index contributed by atoms with van der Waals surface area (Å²) in [6.45, 7) is 2.03. The van der Waals surface area contributed by atoms with Crippen molar-refractivity contribution in [2.45, 2.75) is 37.5 Å². The number of thioether (sulfide) groups is 1. The molecule has 3 aromatic rings. The zero-order valence-electron chi connectivity index (χ0n) is 17.2. The second-order valence-electron chi connectivity index (χ2n) is 8.09. The Morgan fingerprint density at radius 1 is 1.06 bits per heavy atom. The van der Waals surface area contributed by atoms with Crippen molar-refractivity contribution >= 4 is 50.9 Å². The first-order valence-electron chi connectivity index (χ1n) is 10.5. The van der Waals surface area contributed by atoms with Crippen LogP contribution in [0.15, 0.2) is 71.7 Å². The van der Waals surface area contributed by atoms with E-state index in [0.717, 1.165) is 35.0 Å². The molecule has 0 spiro atoms. The minimum atomic E-state index is -0.440. The standard InChI is InChI=1S/C25H23N3O2S/c1-16-6-9-19(10-7-16)27-25-28(21-12-13-21)24(30)22(31-25)15-23(29)26-20-11-8-17-4-2-3-5-18(17)14-20/h2-11,14,21-22H,12-13,15H2,1H3,(H,26,29). The van der Waals surface area contributed by atoms with Gasteiger partial charge in [0.1, 0.15) is 5.25 Å². The molecule has 1 aliphatic heterocycles. The number of nitrogens with one attached hydrogen (secondary N) is 1. The van der Waals surface area contributed by atoms with E-state index in [-0.39, 0.29) is 24.3 Å². The van der Waals surface area contributed by atoms with Gasteiger partial charge < -0.3 is 5.32 Å². The maximum absolute atomic E-state index is 13.0. The van der Waals surface area contributed by atoms with E-state index < -0.39 is 5.25 Å². The highest BCUT2D eigenvalue weighted by Crippen LogP contribution is 2.39. The molecule has 1 N–H and O–H groups in total. The van der Waals surface area contributed by atoms with Crippen molar-refractivity contribution in [1.29, 1.82) is 0 Å². The molecule has 1 saturated carbocycles. The van der Waals surface area contributed by atoms with E-state index in [9.17, 15) is 9.59 Å². The lowest BCUT2D eigenvalue weighted by Gasteiger charge is -2.15. The van der Waals surface area contributed by atoms with Gasteiger partial charge in [0.05, 0.1) is 5.69 Å². The van der Waals surface area contributed by atoms with Gasteiger partial charge in [0.15, 0.2) is 5.17 Å². The fourth-order valence-electron chi connectivity index (χ4n) is 3.74. The summed E-state index contributed by atoms with van der Waals surface area (Å²) >= 11 is 1.40. The highest BCUT2D eigenvalue weighted by molar-refractivity contribution is 8.15. The fraction of sp³-hybridized carbons (Fsp3) is 0.240. The third kappa shape index (κ3) is 4.35. The number of hydrogen-bond donors (Lipinski definition) is 1. The van der Waals surface area contributed by atoms with Gasteiger partial charge in [-0.05, 0) is 54.8 Å². The van der Waals surface area contributed by atoms with Crippen LogP contribution in [0.2, 0.25) is 0 Å². The van der Waals surface area contributed by atoms with Gasteiger partial charge in [-0.2, -0.15) is 0 Å². The lowest BCUT2D eigenvalue weighted by Crippen LogP contribution is -2.35. The van der Waals surface area contributed by atoms with Gasteiger partial charge in [-0.1, -0.05) is 59.8 Å². The van der Waals surface area contributed by atoms with E-state index in [0.29, 0.717) is 5.17 Å². The lowest BCUT2D eigenvalue weighted by molar-refractivity contribution is -0.128. The second-order valence-corrected chi connectivity index (χ2v) is 9.26. The number of benzene rings is 3. The SMILES string of the molecule is Cc1ccc(N=C2SC(CC(=O)Nc3ccc4ccccc4c3)C(=O)N2C2CC2)cc1. The maximum atomic E-state index is 13.0. The third-order valence-electron chi connectivity index (χ3n) is 5.54. The largest absolute Gasteiger partial charge is 0.326 e. The Labute approximate surface area is 185 Å². The van der Waals surface area contributed by atoms with Crippen LogP contribution in [-0.2, 0) is 9.59 Å². The normalized spacial score (nSPS) is 19.9. The van der Waals surface area contributed by atoms with Gasteiger partial charge >= 0.3 is 0 Å². The van der Waals surface area contributed by atoms with Gasteiger partial charge in [-0.25, -0.2) is 4.99 Å². The summed E-state index contributed by atoms with van der Waals surface area (Å²) in [5, 5.41) is 5.41. The number of hydrogen-bond acceptors (Lipinski definition) is 4. The summed E-state index contributed by atoms with van der Waals surface area (Å²) in [5.41, 5.74) is 2.74. The van der Waals surface area contributed by atoms with Crippen LogP contribution in [0.4, 0.5) is 11.4 Å². The number of rotatable bonds is 5. The van der Waals surface area contributed by atoms with Crippen LogP contribution in [0.1, 0.15) is 24.8 Å². The summed E-state index contributed by atoms with van der Waals surface area (Å²) < 4.78 is 0. The van der Waals surface area contributed by atoms with Crippen molar-refractivity contribution in [3.05, 3.63) is 72.3 Å². The molecule has 31 heavy (non-hydrogen) atoms. The number of nitrogens with zero attached hydrogens (tertiary/aromatic N) is 2. The van der Waals surface area contributed by atoms with Crippen molar-refractivity contribution in [3.8, 4) is 0 Å². The van der Waals surface area contributed by atoms with E-state index in [1.165, 1.54) is 17.3 Å². The molecule has 3 aromatic carbocycles. The summed E-state index contributed by atoms with van der Waals surface area (Å²) in [6, 6.07) is 22.0. The summed E-state index contributed by atoms with van der Waals surface area (Å²) in [5.74, 6) is -0.166. The van der Waals surface area contributed by atoms with Crippen molar-refractivity contribution in [2.75, 3.05) is 5.32 Å². The Kier molecular flexibility index (Phi) is 5.24. The number of aliphatic imine (C=N–C) groups is 1. The molecule has 0 aromatic heterocycles. The van der Waals surface area contributed by atoms with E-state index in [2.05, 4.69) is 5.32 Å². The van der Waals surface area contributed by atoms with Crippen molar-refractivity contribution in [2.24, 2.45) is 4.99 Å². The smallest absolute Gasteiger partial charge is 0.242 e. The highest BCUT2D eigenvalue weighted by atomic mass is 32.2. The van der Waals surface area contributed by atoms with Gasteiger partial charge in [0.25, 0.3) is 0 Å². The van der Waals surface area contributed by atoms with E-state index in [1.54, 1.807) is 4.90 Å². The Morgan fingerprint density at radius 2 is 1.81 bits per heavy atom. The van der Waals surface area contributed by atoms with Crippen LogP contribution in [0, 0.1) is 6.92 Å². The molecule has 1 aliphatic carbocycles. The molecule has 1 saturated heterocycles. The van der Waals surface area contributed by atoms with Crippen LogP contribution >= 0.6 is 11.8 Å². The summed E-state index contributed by atoms with van der Waals surface area (Å²) in [7, 11) is 0. The Morgan fingerprint density at radius 3 is 2.55 bits per heavy atom. The molecule has 2 fully saturated rings. The van der Waals surface area contributed by atoms with E-state index in [1.807, 2.05) is 73.7 Å². The first kappa shape index (κ1) is 19.8. The lowest BCUT2D eigenvalue weighted by atomic mass is 10.1. The molecule has 6 heteroatoms. The Hall–Kier alpha value is -3.12. The Balaban J connectivity index is 1.30. The topological polar surface area (TPSA) is 61.8 Å². The molecular formula is C25H23N3O2S. The van der Waals surface area contributed by atoms with Crippen LogP contribution in [0.25, 0.3) is 10.8 Å². The molecule has 5 rings (SSSR count). The number of amidine groups is 1. The van der Waals surface area contributed by atoms with Crippen molar-refractivity contribution in [1.82, 2.24) is 4.90 Å². The van der Waals surface area contributed by atoms with Gasteiger partial charge in [-0.15, -0.1) is 0 Å². The van der Waals surface area contributed by atoms with Crippen molar-refractivity contribution < 1.29 is 9.59 Å². The van der Waals surface area contributed by atoms with E-state index >= 15 is 0 Å². The van der Waals surface area contributed by atoms with Gasteiger partial charge in [-0.3, -0.25) is 14.5 Å². The first-order valence-corrected chi connectivity index (χ1v) is 11.4. The predicted molar refractivity (Wildman–Crippen MR) is 127 cm³/mol. The average Bonchev–Trinajstić information content (AvgIpc) is 3.55. The second kappa shape index (κ2) is 8.19. The monoisotopic (exact) mass is 429 g/mol. The van der Waals surface area contributed by atoms with Crippen LogP contribution in [0.5, 0.6) is 0 Å². The number of amides is 2. The minimum Gasteiger partial charge on any atom is -0.326 e. The zero-order chi connectivity index (χ0) is 21.4. The molecule has 156 valence electrons. The highest BCUT2D eigenvalue weighted by Gasteiger charge is 2.46. The molecule has 5 nitrogen and oxygen atoms in total. The van der Waals surface area contributed by atoms with Crippen LogP contribution in [0.3, 0.4) is 0 Å². The number of anilines is 1. The minimum absolute atomic E-state index is 0.00739. The van der Waals surface area contributed by atoms with Crippen molar-refractivity contribution in [3.63, 3.8) is 0 Å². The number of aryl methyl sites for hydroxylation is 1. The van der Waals surface area contributed by atoms with Gasteiger partial charge in [0, 0.05) is 18.2 Å². The molecule has 2 amide bonds. The molecule has 1 atom stereocenters. The Bertz CT molecular complexity index is 1180. The first-order chi connectivity index (χ1) is 15.1. The predicted octanol–water partition coefficient (Wildman–Crippen LogP) is 5.27. The molecule has 1 heterocycles. The molecule has 2 aliphatic rings. The average molecular weight is 430 g/mol.